The van der Waals surface area contributed by atoms with E-state index < -0.39 is 17.4 Å². The van der Waals surface area contributed by atoms with Crippen molar-refractivity contribution in [2.45, 2.75) is 23.6 Å². The molecular formula is C17H11ClF3NO4S2. The van der Waals surface area contributed by atoms with Gasteiger partial charge in [-0.25, -0.2) is 0 Å². The normalized spacial score (nSPS) is 11.8. The zero-order valence-electron chi connectivity index (χ0n) is 14.3. The third-order valence-electron chi connectivity index (χ3n) is 3.69. The Morgan fingerprint density at radius 3 is 2.54 bits per heavy atom. The number of fused-ring (bicyclic) bond motifs is 1. The van der Waals surface area contributed by atoms with Gasteiger partial charge in [0.2, 0.25) is 0 Å². The van der Waals surface area contributed by atoms with Crippen LogP contribution in [0.15, 0.2) is 28.5 Å². The summed E-state index contributed by atoms with van der Waals surface area (Å²) in [6.07, 6.45) is 0. The Morgan fingerprint density at radius 1 is 1.25 bits per heavy atom. The maximum atomic E-state index is 13.0. The Morgan fingerprint density at radius 2 is 1.93 bits per heavy atom. The molecule has 0 aliphatic carbocycles. The summed E-state index contributed by atoms with van der Waals surface area (Å²) in [5.74, 6) is -1.54. The van der Waals surface area contributed by atoms with Gasteiger partial charge in [-0.15, -0.1) is 11.3 Å². The topological polar surface area (TPSA) is 68.5 Å². The summed E-state index contributed by atoms with van der Waals surface area (Å²) in [6, 6.07) is 5.18. The number of phenolic OH excluding ortho intramolecular Hbond substituents is 1. The van der Waals surface area contributed by atoms with Crippen LogP contribution in [0.4, 0.5) is 13.2 Å². The molecule has 0 saturated carbocycles. The number of benzene rings is 1. The van der Waals surface area contributed by atoms with Gasteiger partial charge in [0.15, 0.2) is 5.75 Å². The molecule has 1 aromatic carbocycles. The van der Waals surface area contributed by atoms with E-state index in [1.165, 1.54) is 42.7 Å². The molecule has 0 saturated heterocycles. The van der Waals surface area contributed by atoms with E-state index in [0.29, 0.717) is 11.3 Å². The molecule has 0 aliphatic heterocycles. The number of alkyl halides is 3. The summed E-state index contributed by atoms with van der Waals surface area (Å²) in [7, 11) is 0. The van der Waals surface area contributed by atoms with Crippen LogP contribution >= 0.6 is 34.7 Å². The van der Waals surface area contributed by atoms with Crippen LogP contribution in [0.2, 0.25) is 5.02 Å². The molecule has 0 spiro atoms. The van der Waals surface area contributed by atoms with Crippen LogP contribution in [0, 0.1) is 6.92 Å². The molecule has 11 heteroatoms. The zero-order valence-corrected chi connectivity index (χ0v) is 16.6. The lowest BCUT2D eigenvalue weighted by Crippen LogP contribution is -2.12. The first-order chi connectivity index (χ1) is 13.0. The quantitative estimate of drug-likeness (QED) is 0.416. The van der Waals surface area contributed by atoms with Gasteiger partial charge in [0.1, 0.15) is 5.75 Å². The summed E-state index contributed by atoms with van der Waals surface area (Å²) in [4.78, 5) is 24.5. The van der Waals surface area contributed by atoms with Crippen molar-refractivity contribution < 1.29 is 32.6 Å². The van der Waals surface area contributed by atoms with E-state index in [0.717, 1.165) is 0 Å². The summed E-state index contributed by atoms with van der Waals surface area (Å²) in [6.45, 7) is 2.67. The second-order valence-corrected chi connectivity index (χ2v) is 8.44. The van der Waals surface area contributed by atoms with E-state index in [9.17, 15) is 27.9 Å². The van der Waals surface area contributed by atoms with Crippen molar-refractivity contribution in [2.75, 3.05) is 0 Å². The fourth-order valence-electron chi connectivity index (χ4n) is 2.66. The largest absolute Gasteiger partial charge is 0.506 e. The highest BCUT2D eigenvalue weighted by Gasteiger charge is 2.31. The lowest BCUT2D eigenvalue weighted by atomic mass is 10.2. The van der Waals surface area contributed by atoms with Crippen molar-refractivity contribution >= 4 is 57.5 Å². The molecule has 0 amide bonds. The van der Waals surface area contributed by atoms with Crippen LogP contribution in [0.3, 0.4) is 0 Å². The van der Waals surface area contributed by atoms with Crippen LogP contribution in [-0.2, 0) is 4.79 Å². The first-order valence-corrected chi connectivity index (χ1v) is 9.62. The second kappa shape index (κ2) is 7.34. The molecule has 3 aromatic rings. The van der Waals surface area contributed by atoms with Crippen molar-refractivity contribution in [3.05, 3.63) is 39.9 Å². The third-order valence-corrected chi connectivity index (χ3v) is 6.01. The molecule has 2 heterocycles. The Balaban J connectivity index is 2.15. The first-order valence-electron chi connectivity index (χ1n) is 7.60. The monoisotopic (exact) mass is 449 g/mol. The minimum Gasteiger partial charge on any atom is -0.506 e. The number of ether oxygens (including phenoxy) is 1. The van der Waals surface area contributed by atoms with Crippen LogP contribution in [-0.4, -0.2) is 27.1 Å². The minimum absolute atomic E-state index is 0.00167. The van der Waals surface area contributed by atoms with Crippen molar-refractivity contribution in [1.82, 2.24) is 4.57 Å². The van der Waals surface area contributed by atoms with Gasteiger partial charge in [0.25, 0.3) is 5.91 Å². The number of carbonyl (C=O) groups is 2. The first kappa shape index (κ1) is 20.6. The van der Waals surface area contributed by atoms with Gasteiger partial charge >= 0.3 is 11.5 Å². The number of thioether (sulfide) groups is 1. The van der Waals surface area contributed by atoms with E-state index >= 15 is 0 Å². The van der Waals surface area contributed by atoms with E-state index in [1.807, 2.05) is 0 Å². The molecule has 0 atom stereocenters. The number of rotatable bonds is 3. The number of carbonyl (C=O) groups excluding carboxylic acids is 2. The summed E-state index contributed by atoms with van der Waals surface area (Å²) < 4.78 is 43.9. The average Bonchev–Trinajstić information content (AvgIpc) is 3.12. The maximum Gasteiger partial charge on any atom is 0.447 e. The fraction of sp³-hybridized carbons (Fsp3) is 0.176. The van der Waals surface area contributed by atoms with Gasteiger partial charge in [0, 0.05) is 6.92 Å². The second-order valence-electron chi connectivity index (χ2n) is 5.61. The lowest BCUT2D eigenvalue weighted by molar-refractivity contribution is -0.131. The van der Waals surface area contributed by atoms with Gasteiger partial charge in [-0.3, -0.25) is 14.2 Å². The molecule has 1 N–H and O–H groups in total. The molecule has 0 aliphatic rings. The number of phenols is 1. The highest BCUT2D eigenvalue weighted by atomic mass is 35.5. The molecular weight excluding hydrogens is 439 g/mol. The molecule has 5 nitrogen and oxygen atoms in total. The predicted molar refractivity (Wildman–Crippen MR) is 101 cm³/mol. The SMILES string of the molecule is CC(=O)Oc1c(C)n(C(=O)c2ccc(SC(F)(F)F)s2)c2ccc(O)c(Cl)c12. The average molecular weight is 450 g/mol. The van der Waals surface area contributed by atoms with E-state index in [1.54, 1.807) is 0 Å². The van der Waals surface area contributed by atoms with Crippen LogP contribution in [0.1, 0.15) is 22.3 Å². The smallest absolute Gasteiger partial charge is 0.447 e. The Labute approximate surface area is 169 Å². The van der Waals surface area contributed by atoms with Crippen LogP contribution < -0.4 is 4.74 Å². The van der Waals surface area contributed by atoms with Crippen molar-refractivity contribution in [2.24, 2.45) is 0 Å². The molecule has 0 radical (unpaired) electrons. The van der Waals surface area contributed by atoms with E-state index in [4.69, 9.17) is 16.3 Å². The van der Waals surface area contributed by atoms with Crippen molar-refractivity contribution in [3.8, 4) is 11.5 Å². The van der Waals surface area contributed by atoms with E-state index in [-0.39, 0.29) is 54.0 Å². The molecule has 28 heavy (non-hydrogen) atoms. The van der Waals surface area contributed by atoms with E-state index in [2.05, 4.69) is 0 Å². The number of aromatic nitrogens is 1. The number of thiophene rings is 1. The molecule has 0 bridgehead atoms. The van der Waals surface area contributed by atoms with Gasteiger partial charge < -0.3 is 9.84 Å². The number of hydrogen-bond acceptors (Lipinski definition) is 6. The molecule has 3 rings (SSSR count). The van der Waals surface area contributed by atoms with Crippen molar-refractivity contribution in [1.29, 1.82) is 0 Å². The van der Waals surface area contributed by atoms with Crippen LogP contribution in [0.5, 0.6) is 11.5 Å². The Hall–Kier alpha value is -2.17. The number of aromatic hydroxyl groups is 1. The Bertz CT molecular complexity index is 1100. The minimum atomic E-state index is -4.46. The molecule has 148 valence electrons. The van der Waals surface area contributed by atoms with Gasteiger partial charge in [-0.2, -0.15) is 13.2 Å². The van der Waals surface area contributed by atoms with Crippen molar-refractivity contribution in [3.63, 3.8) is 0 Å². The van der Waals surface area contributed by atoms with Gasteiger partial charge in [0.05, 0.1) is 30.7 Å². The number of halogens is 4. The van der Waals surface area contributed by atoms with Gasteiger partial charge in [-0.05, 0) is 43.0 Å². The highest BCUT2D eigenvalue weighted by Crippen LogP contribution is 2.43. The number of nitrogens with zero attached hydrogens (tertiary/aromatic N) is 1. The molecule has 0 fully saturated rings. The standard InChI is InChI=1S/C17H11ClF3NO4S2/c1-7-15(26-8(2)23)13-9(3-4-10(24)14(13)18)22(7)16(25)11-5-6-12(27-11)28-17(19,20)21/h3-6,24H,1-2H3. The predicted octanol–water partition coefficient (Wildman–Crippen LogP) is 5.60. The van der Waals surface area contributed by atoms with Crippen LogP contribution in [0.25, 0.3) is 10.9 Å². The lowest BCUT2D eigenvalue weighted by Gasteiger charge is -2.06. The fourth-order valence-corrected chi connectivity index (χ4v) is 4.66. The molecule has 0 unspecified atom stereocenters. The van der Waals surface area contributed by atoms with Gasteiger partial charge in [-0.1, -0.05) is 11.6 Å². The third kappa shape index (κ3) is 3.85. The maximum absolute atomic E-state index is 13.0. The Kier molecular flexibility index (Phi) is 5.39. The number of esters is 1. The summed E-state index contributed by atoms with van der Waals surface area (Å²) >= 11 is 6.52. The summed E-state index contributed by atoms with van der Waals surface area (Å²) in [5.41, 5.74) is -3.99. The summed E-state index contributed by atoms with van der Waals surface area (Å²) in [5, 5.41) is 9.92. The zero-order chi connectivity index (χ0) is 20.8. The molecule has 2 aromatic heterocycles. The number of hydrogen-bond donors (Lipinski definition) is 1. The highest BCUT2D eigenvalue weighted by molar-refractivity contribution is 8.02.